The molecule has 0 spiro atoms. The van der Waals surface area contributed by atoms with Crippen LogP contribution in [-0.4, -0.2) is 32.4 Å². The Labute approximate surface area is 149 Å². The predicted octanol–water partition coefficient (Wildman–Crippen LogP) is 2.51. The van der Waals surface area contributed by atoms with Crippen LogP contribution >= 0.6 is 0 Å². The van der Waals surface area contributed by atoms with E-state index in [1.54, 1.807) is 4.31 Å². The van der Waals surface area contributed by atoms with Crippen molar-refractivity contribution in [2.75, 3.05) is 17.4 Å². The fraction of sp³-hybridized carbons (Fsp3) is 0.368. The van der Waals surface area contributed by atoms with Crippen LogP contribution in [0, 0.1) is 0 Å². The van der Waals surface area contributed by atoms with Gasteiger partial charge in [0, 0.05) is 32.2 Å². The highest BCUT2D eigenvalue weighted by atomic mass is 32.2. The molecule has 0 unspecified atom stereocenters. The summed E-state index contributed by atoms with van der Waals surface area (Å²) in [6, 6.07) is 18.2. The lowest BCUT2D eigenvalue weighted by Gasteiger charge is -2.41. The predicted molar refractivity (Wildman–Crippen MR) is 99.4 cm³/mol. The number of hydrogen-bond donors (Lipinski definition) is 1. The Kier molecular flexibility index (Phi) is 4.50. The van der Waals surface area contributed by atoms with Crippen LogP contribution in [0.5, 0.6) is 0 Å². The first kappa shape index (κ1) is 16.6. The van der Waals surface area contributed by atoms with Gasteiger partial charge in [0.25, 0.3) is 0 Å². The maximum atomic E-state index is 12.6. The summed E-state index contributed by atoms with van der Waals surface area (Å²) in [4.78, 5) is 2.40. The number of hydrogen-bond acceptors (Lipinski definition) is 3. The summed E-state index contributed by atoms with van der Waals surface area (Å²) >= 11 is 0. The molecular weight excluding hydrogens is 334 g/mol. The van der Waals surface area contributed by atoms with Gasteiger partial charge in [0.15, 0.2) is 0 Å². The Morgan fingerprint density at radius 3 is 2.40 bits per heavy atom. The van der Waals surface area contributed by atoms with Gasteiger partial charge >= 0.3 is 10.2 Å². The van der Waals surface area contributed by atoms with Crippen LogP contribution in [0.2, 0.25) is 0 Å². The number of nitrogens with zero attached hydrogens (tertiary/aromatic N) is 2. The molecular formula is C19H23N3O2S. The molecule has 132 valence electrons. The van der Waals surface area contributed by atoms with Gasteiger partial charge in [-0.3, -0.25) is 9.21 Å². The molecule has 0 amide bonds. The second kappa shape index (κ2) is 6.78. The van der Waals surface area contributed by atoms with E-state index in [-0.39, 0.29) is 6.04 Å². The summed E-state index contributed by atoms with van der Waals surface area (Å²) in [6.45, 7) is 3.12. The molecule has 1 saturated heterocycles. The zero-order valence-electron chi connectivity index (χ0n) is 14.1. The summed E-state index contributed by atoms with van der Waals surface area (Å²) in [5.41, 5.74) is 3.19. The molecule has 5 nitrogen and oxygen atoms in total. The largest absolute Gasteiger partial charge is 0.302 e. The minimum atomic E-state index is -3.45. The first-order valence-electron chi connectivity index (χ1n) is 8.77. The molecule has 6 heteroatoms. The average Bonchev–Trinajstić information content (AvgIpc) is 2.63. The van der Waals surface area contributed by atoms with E-state index >= 15 is 0 Å². The number of piperidine rings is 1. The SMILES string of the molecule is O=S1(=O)NCc2ccccc2N1C1CCN(Cc2ccccc2)CC1. The van der Waals surface area contributed by atoms with Crippen LogP contribution in [0.15, 0.2) is 54.6 Å². The Balaban J connectivity index is 1.48. The first-order valence-corrected chi connectivity index (χ1v) is 10.2. The third kappa shape index (κ3) is 3.42. The van der Waals surface area contributed by atoms with Gasteiger partial charge in [0.2, 0.25) is 0 Å². The second-order valence-corrected chi connectivity index (χ2v) is 8.38. The van der Waals surface area contributed by atoms with E-state index in [1.807, 2.05) is 30.3 Å². The van der Waals surface area contributed by atoms with Gasteiger partial charge in [-0.25, -0.2) is 0 Å². The first-order chi connectivity index (χ1) is 12.1. The average molecular weight is 357 g/mol. The lowest BCUT2D eigenvalue weighted by molar-refractivity contribution is 0.206. The van der Waals surface area contributed by atoms with Gasteiger partial charge in [-0.15, -0.1) is 0 Å². The zero-order valence-corrected chi connectivity index (χ0v) is 15.0. The number of nitrogens with one attached hydrogen (secondary N) is 1. The van der Waals surface area contributed by atoms with Gasteiger partial charge in [-0.1, -0.05) is 48.5 Å². The quantitative estimate of drug-likeness (QED) is 0.918. The van der Waals surface area contributed by atoms with Crippen molar-refractivity contribution in [1.29, 1.82) is 0 Å². The molecule has 1 N–H and O–H groups in total. The molecule has 2 heterocycles. The maximum absolute atomic E-state index is 12.6. The van der Waals surface area contributed by atoms with Gasteiger partial charge < -0.3 is 0 Å². The van der Waals surface area contributed by atoms with E-state index in [0.717, 1.165) is 43.7 Å². The van der Waals surface area contributed by atoms with E-state index in [1.165, 1.54) is 5.56 Å². The van der Waals surface area contributed by atoms with Crippen LogP contribution in [-0.2, 0) is 23.3 Å². The maximum Gasteiger partial charge on any atom is 0.302 e. The van der Waals surface area contributed by atoms with E-state index in [2.05, 4.69) is 33.9 Å². The van der Waals surface area contributed by atoms with Crippen molar-refractivity contribution >= 4 is 15.9 Å². The van der Waals surface area contributed by atoms with Gasteiger partial charge in [0.1, 0.15) is 0 Å². The van der Waals surface area contributed by atoms with Crippen molar-refractivity contribution in [2.24, 2.45) is 0 Å². The smallest absolute Gasteiger partial charge is 0.299 e. The van der Waals surface area contributed by atoms with Crippen molar-refractivity contribution in [3.8, 4) is 0 Å². The molecule has 0 aliphatic carbocycles. The fourth-order valence-electron chi connectivity index (χ4n) is 3.79. The second-order valence-electron chi connectivity index (χ2n) is 6.74. The molecule has 0 bridgehead atoms. The summed E-state index contributed by atoms with van der Waals surface area (Å²) < 4.78 is 29.5. The normalized spacial score (nSPS) is 21.0. The minimum absolute atomic E-state index is 0.0194. The number of benzene rings is 2. The molecule has 0 atom stereocenters. The van der Waals surface area contributed by atoms with Crippen molar-refractivity contribution in [2.45, 2.75) is 32.0 Å². The number of para-hydroxylation sites is 1. The lowest BCUT2D eigenvalue weighted by Crippen LogP contribution is -2.53. The Hall–Kier alpha value is -1.89. The molecule has 0 radical (unpaired) electrons. The molecule has 0 aromatic heterocycles. The van der Waals surface area contributed by atoms with E-state index in [0.29, 0.717) is 6.54 Å². The Bertz CT molecular complexity index is 831. The molecule has 2 aliphatic heterocycles. The molecule has 25 heavy (non-hydrogen) atoms. The third-order valence-electron chi connectivity index (χ3n) is 5.07. The number of anilines is 1. The highest BCUT2D eigenvalue weighted by molar-refractivity contribution is 7.91. The van der Waals surface area contributed by atoms with E-state index in [4.69, 9.17) is 0 Å². The fourth-order valence-corrected chi connectivity index (χ4v) is 5.31. The molecule has 2 aliphatic rings. The summed E-state index contributed by atoms with van der Waals surface area (Å²) in [5, 5.41) is 0. The molecule has 2 aromatic carbocycles. The number of rotatable bonds is 3. The van der Waals surface area contributed by atoms with E-state index < -0.39 is 10.2 Å². The van der Waals surface area contributed by atoms with Gasteiger partial charge in [-0.05, 0) is 30.0 Å². The van der Waals surface area contributed by atoms with Crippen LogP contribution in [0.3, 0.4) is 0 Å². The molecule has 0 saturated carbocycles. The molecule has 2 aromatic rings. The Morgan fingerprint density at radius 2 is 1.64 bits per heavy atom. The third-order valence-corrected chi connectivity index (χ3v) is 6.59. The van der Waals surface area contributed by atoms with Crippen LogP contribution in [0.4, 0.5) is 5.69 Å². The summed E-state index contributed by atoms with van der Waals surface area (Å²) in [7, 11) is -3.45. The van der Waals surface area contributed by atoms with Crippen LogP contribution in [0.1, 0.15) is 24.0 Å². The van der Waals surface area contributed by atoms with Crippen LogP contribution < -0.4 is 9.03 Å². The number of fused-ring (bicyclic) bond motifs is 1. The van der Waals surface area contributed by atoms with Gasteiger partial charge in [0.05, 0.1) is 5.69 Å². The standard InChI is InChI=1S/C19H23N3O2S/c23-25(24)20-14-17-8-4-5-9-19(17)22(25)18-10-12-21(13-11-18)15-16-6-2-1-3-7-16/h1-9,18,20H,10-15H2. The number of likely N-dealkylation sites (tertiary alicyclic amines) is 1. The minimum Gasteiger partial charge on any atom is -0.299 e. The highest BCUT2D eigenvalue weighted by Gasteiger charge is 2.36. The molecule has 1 fully saturated rings. The Morgan fingerprint density at radius 1 is 0.960 bits per heavy atom. The highest BCUT2D eigenvalue weighted by Crippen LogP contribution is 2.32. The zero-order chi connectivity index (χ0) is 17.3. The monoisotopic (exact) mass is 357 g/mol. The summed E-state index contributed by atoms with van der Waals surface area (Å²) in [5.74, 6) is 0. The van der Waals surface area contributed by atoms with Crippen molar-refractivity contribution in [3.05, 3.63) is 65.7 Å². The van der Waals surface area contributed by atoms with E-state index in [9.17, 15) is 8.42 Å². The van der Waals surface area contributed by atoms with Crippen molar-refractivity contribution < 1.29 is 8.42 Å². The van der Waals surface area contributed by atoms with Crippen LogP contribution in [0.25, 0.3) is 0 Å². The molecule has 4 rings (SSSR count). The van der Waals surface area contributed by atoms with Gasteiger partial charge in [-0.2, -0.15) is 13.1 Å². The lowest BCUT2D eigenvalue weighted by atomic mass is 10.0. The topological polar surface area (TPSA) is 52.7 Å². The van der Waals surface area contributed by atoms with Crippen molar-refractivity contribution in [1.82, 2.24) is 9.62 Å². The van der Waals surface area contributed by atoms with Crippen molar-refractivity contribution in [3.63, 3.8) is 0 Å². The summed E-state index contributed by atoms with van der Waals surface area (Å²) in [6.07, 6.45) is 1.70.